The summed E-state index contributed by atoms with van der Waals surface area (Å²) in [6.45, 7) is 0.939. The van der Waals surface area contributed by atoms with Gasteiger partial charge in [-0.2, -0.15) is 13.2 Å². The average molecular weight is 455 g/mol. The Labute approximate surface area is 182 Å². The molecule has 5 unspecified atom stereocenters. The molecule has 3 aliphatic rings. The molecule has 0 radical (unpaired) electrons. The Hall–Kier alpha value is -0.570. The van der Waals surface area contributed by atoms with Gasteiger partial charge >= 0.3 is 6.18 Å². The van der Waals surface area contributed by atoms with E-state index in [1.165, 1.54) is 6.42 Å². The van der Waals surface area contributed by atoms with E-state index in [1.807, 2.05) is 0 Å². The Morgan fingerprint density at radius 1 is 1.03 bits per heavy atom. The number of nitrogens with one attached hydrogen (secondary N) is 2. The molecule has 2 N–H and O–H groups in total. The quantitative estimate of drug-likeness (QED) is 0.373. The number of hydrogen-bond acceptors (Lipinski definition) is 3. The number of alkyl halides is 4. The third kappa shape index (κ3) is 6.02. The van der Waals surface area contributed by atoms with Crippen LogP contribution in [0.3, 0.4) is 0 Å². The summed E-state index contributed by atoms with van der Waals surface area (Å²) in [5.41, 5.74) is 5.53. The summed E-state index contributed by atoms with van der Waals surface area (Å²) in [5, 5.41) is -0.434. The molecule has 0 spiro atoms. The maximum atomic E-state index is 13.1. The lowest BCUT2D eigenvalue weighted by molar-refractivity contribution is -0.947. The van der Waals surface area contributed by atoms with Crippen LogP contribution in [0.4, 0.5) is 13.2 Å². The van der Waals surface area contributed by atoms with Gasteiger partial charge in [0, 0.05) is 6.04 Å². The Bertz CT molecular complexity index is 584. The molecular weight excluding hydrogens is 419 g/mol. The first-order chi connectivity index (χ1) is 14.1. The van der Waals surface area contributed by atoms with Crippen molar-refractivity contribution >= 4 is 17.5 Å². The largest absolute Gasteiger partial charge is 0.391 e. The molecule has 0 bridgehead atoms. The molecule has 1 saturated heterocycles. The topological polar surface area (TPSA) is 50.4 Å². The van der Waals surface area contributed by atoms with Crippen LogP contribution in [0.25, 0.3) is 0 Å². The van der Waals surface area contributed by atoms with Crippen LogP contribution in [-0.4, -0.2) is 61.0 Å². The van der Waals surface area contributed by atoms with E-state index in [2.05, 4.69) is 24.9 Å². The maximum Gasteiger partial charge on any atom is 0.391 e. The van der Waals surface area contributed by atoms with Gasteiger partial charge < -0.3 is 9.22 Å². The van der Waals surface area contributed by atoms with Gasteiger partial charge in [0.05, 0.1) is 38.0 Å². The van der Waals surface area contributed by atoms with Gasteiger partial charge in [0.25, 0.3) is 0 Å². The molecule has 5 nitrogen and oxygen atoms in total. The zero-order chi connectivity index (χ0) is 21.9. The first kappa shape index (κ1) is 24.1. The molecule has 174 valence electrons. The Kier molecular flexibility index (Phi) is 7.96. The summed E-state index contributed by atoms with van der Waals surface area (Å²) < 4.78 is 46.4. The molecule has 2 saturated carbocycles. The number of likely N-dealkylation sites (tertiary alicyclic amines) is 1. The van der Waals surface area contributed by atoms with Crippen LogP contribution < -0.4 is 10.9 Å². The number of rotatable bonds is 5. The molecule has 0 aromatic carbocycles. The van der Waals surface area contributed by atoms with Gasteiger partial charge in [-0.05, 0) is 44.9 Å². The minimum absolute atomic E-state index is 0.0371. The lowest BCUT2D eigenvalue weighted by Crippen LogP contribution is -2.62. The van der Waals surface area contributed by atoms with E-state index in [1.54, 1.807) is 0 Å². The highest BCUT2D eigenvalue weighted by atomic mass is 35.5. The number of carbonyl (C=O) groups is 1. The van der Waals surface area contributed by atoms with Crippen LogP contribution in [0.5, 0.6) is 0 Å². The van der Waals surface area contributed by atoms with E-state index in [0.29, 0.717) is 10.9 Å². The summed E-state index contributed by atoms with van der Waals surface area (Å²) in [4.78, 5) is 13.0. The number of halogens is 4. The number of hydrogen-bond donors (Lipinski definition) is 2. The van der Waals surface area contributed by atoms with Crippen LogP contribution in [0.2, 0.25) is 0 Å². The van der Waals surface area contributed by atoms with Crippen molar-refractivity contribution in [1.82, 2.24) is 10.9 Å². The molecule has 1 amide bonds. The van der Waals surface area contributed by atoms with E-state index in [4.69, 9.17) is 16.3 Å². The van der Waals surface area contributed by atoms with E-state index < -0.39 is 23.5 Å². The molecule has 9 heteroatoms. The van der Waals surface area contributed by atoms with Crippen LogP contribution in [-0.2, 0) is 9.53 Å². The van der Waals surface area contributed by atoms with Gasteiger partial charge in [0.1, 0.15) is 5.92 Å². The lowest BCUT2D eigenvalue weighted by Gasteiger charge is -2.46. The Morgan fingerprint density at radius 3 is 2.40 bits per heavy atom. The van der Waals surface area contributed by atoms with E-state index in [0.717, 1.165) is 38.6 Å². The molecule has 30 heavy (non-hydrogen) atoms. The zero-order valence-electron chi connectivity index (χ0n) is 18.0. The van der Waals surface area contributed by atoms with E-state index >= 15 is 0 Å². The third-order valence-corrected chi connectivity index (χ3v) is 7.64. The number of ether oxygens (including phenoxy) is 1. The van der Waals surface area contributed by atoms with Crippen molar-refractivity contribution in [2.24, 2.45) is 11.8 Å². The Balaban J connectivity index is 1.60. The summed E-state index contributed by atoms with van der Waals surface area (Å²) in [6, 6.07) is -0.597. The molecule has 2 aliphatic carbocycles. The van der Waals surface area contributed by atoms with Gasteiger partial charge in [0.2, 0.25) is 12.1 Å². The minimum atomic E-state index is -4.23. The molecule has 5 atom stereocenters. The highest BCUT2D eigenvalue weighted by Crippen LogP contribution is 2.39. The van der Waals surface area contributed by atoms with Gasteiger partial charge in [-0.15, -0.1) is 11.6 Å². The summed E-state index contributed by atoms with van der Waals surface area (Å²) in [5.74, 6) is -1.92. The second kappa shape index (κ2) is 9.92. The van der Waals surface area contributed by atoms with Gasteiger partial charge in [0.15, 0.2) is 0 Å². The van der Waals surface area contributed by atoms with Crippen LogP contribution in [0.15, 0.2) is 0 Å². The number of carbonyl (C=O) groups excluding carboxylic acids is 1. The average Bonchev–Trinajstić information content (AvgIpc) is 2.68. The fraction of sp³-hybridized carbons (Fsp3) is 0.952. The fourth-order valence-corrected chi connectivity index (χ4v) is 5.52. The van der Waals surface area contributed by atoms with Crippen molar-refractivity contribution in [1.29, 1.82) is 0 Å². The molecule has 1 heterocycles. The third-order valence-electron chi connectivity index (χ3n) is 7.11. The lowest BCUT2D eigenvalue weighted by atomic mass is 9.85. The maximum absolute atomic E-state index is 13.1. The summed E-state index contributed by atoms with van der Waals surface area (Å²) >= 11 is 6.26. The van der Waals surface area contributed by atoms with Crippen molar-refractivity contribution in [3.63, 3.8) is 0 Å². The summed E-state index contributed by atoms with van der Waals surface area (Å²) in [6.07, 6.45) is 3.12. The van der Waals surface area contributed by atoms with Crippen LogP contribution in [0.1, 0.15) is 64.2 Å². The smallest absolute Gasteiger partial charge is 0.325 e. The minimum Gasteiger partial charge on any atom is -0.325 e. The first-order valence-corrected chi connectivity index (χ1v) is 11.8. The van der Waals surface area contributed by atoms with Gasteiger partial charge in [-0.3, -0.25) is 10.2 Å². The molecular formula is C21H36ClF3N3O2+. The van der Waals surface area contributed by atoms with Gasteiger partial charge in [-0.25, -0.2) is 5.43 Å². The standard InChI is InChI=1S/C21H35ClF3N3O2/c1-28(2)12-6-9-16(20(28)30-15-7-4-3-5-8-15)19(29)27-26-18-13-14(21(23,24)25)10-11-17(18)22/h14-18,20,26H,3-13H2,1-2H3/p+1. The number of amides is 1. The molecule has 3 rings (SSSR count). The van der Waals surface area contributed by atoms with E-state index in [9.17, 15) is 18.0 Å². The van der Waals surface area contributed by atoms with Crippen molar-refractivity contribution in [2.75, 3.05) is 20.6 Å². The molecule has 3 fully saturated rings. The molecule has 0 aromatic rings. The second-order valence-corrected chi connectivity index (χ2v) is 10.4. The van der Waals surface area contributed by atoms with Gasteiger partial charge in [-0.1, -0.05) is 19.3 Å². The van der Waals surface area contributed by atoms with E-state index in [-0.39, 0.29) is 43.4 Å². The van der Waals surface area contributed by atoms with Crippen molar-refractivity contribution in [2.45, 2.75) is 94.1 Å². The van der Waals surface area contributed by atoms with Crippen LogP contribution >= 0.6 is 11.6 Å². The number of piperidine rings is 1. The number of hydrazine groups is 1. The van der Waals surface area contributed by atoms with Crippen LogP contribution in [0, 0.1) is 11.8 Å². The Morgan fingerprint density at radius 2 is 1.73 bits per heavy atom. The summed E-state index contributed by atoms with van der Waals surface area (Å²) in [7, 11) is 4.18. The SMILES string of the molecule is C[N+]1(C)CCCC(C(=O)NNC2CC(C(F)(F)F)CCC2Cl)C1OC1CCCCC1. The second-order valence-electron chi connectivity index (χ2n) is 9.85. The zero-order valence-corrected chi connectivity index (χ0v) is 18.8. The first-order valence-electron chi connectivity index (χ1n) is 11.3. The molecule has 0 aromatic heterocycles. The highest BCUT2D eigenvalue weighted by molar-refractivity contribution is 6.21. The van der Waals surface area contributed by atoms with Crippen molar-refractivity contribution in [3.8, 4) is 0 Å². The number of quaternary nitrogens is 1. The fourth-order valence-electron chi connectivity index (χ4n) is 5.23. The highest BCUT2D eigenvalue weighted by Gasteiger charge is 2.47. The monoisotopic (exact) mass is 454 g/mol. The van der Waals surface area contributed by atoms with Crippen molar-refractivity contribution in [3.05, 3.63) is 0 Å². The van der Waals surface area contributed by atoms with Crippen molar-refractivity contribution < 1.29 is 27.2 Å². The predicted molar refractivity (Wildman–Crippen MR) is 110 cm³/mol. The number of nitrogens with zero attached hydrogens (tertiary/aromatic N) is 1. The predicted octanol–water partition coefficient (Wildman–Crippen LogP) is 4.11. The normalized spacial score (nSPS) is 35.7. The molecule has 1 aliphatic heterocycles.